The van der Waals surface area contributed by atoms with Crippen LogP contribution in [0.4, 0.5) is 0 Å². The summed E-state index contributed by atoms with van der Waals surface area (Å²) >= 11 is 3.57. The molecule has 2 heteroatoms. The fourth-order valence-corrected chi connectivity index (χ4v) is 2.12. The normalized spacial score (nSPS) is 25.5. The molecule has 0 spiro atoms. The van der Waals surface area contributed by atoms with Gasteiger partial charge in [0.2, 0.25) is 0 Å². The van der Waals surface area contributed by atoms with E-state index in [2.05, 4.69) is 40.2 Å². The molecule has 1 aromatic rings. The fourth-order valence-electron chi connectivity index (χ4n) is 1.53. The first-order valence-corrected chi connectivity index (χ1v) is 5.74. The molecule has 0 amide bonds. The van der Waals surface area contributed by atoms with Gasteiger partial charge in [-0.15, -0.1) is 0 Å². The second kappa shape index (κ2) is 4.76. The number of benzene rings is 1. The highest BCUT2D eigenvalue weighted by Gasteiger charge is 2.20. The number of alkyl halides is 1. The number of halogens is 1. The standard InChI is InChI=1S/C12H13BrO/c13-11-7-4-8-12(11)14-9-10-5-2-1-3-6-10/h1-7,11-12H,8-9H2. The maximum atomic E-state index is 5.79. The van der Waals surface area contributed by atoms with Crippen LogP contribution in [0.25, 0.3) is 0 Å². The molecule has 1 aliphatic rings. The van der Waals surface area contributed by atoms with E-state index in [1.807, 2.05) is 18.2 Å². The van der Waals surface area contributed by atoms with Gasteiger partial charge in [0, 0.05) is 0 Å². The monoisotopic (exact) mass is 252 g/mol. The van der Waals surface area contributed by atoms with Crippen LogP contribution in [-0.4, -0.2) is 10.9 Å². The molecule has 14 heavy (non-hydrogen) atoms. The number of hydrogen-bond donors (Lipinski definition) is 0. The van der Waals surface area contributed by atoms with E-state index in [4.69, 9.17) is 4.74 Å². The number of hydrogen-bond acceptors (Lipinski definition) is 1. The average molecular weight is 253 g/mol. The maximum Gasteiger partial charge on any atom is 0.0773 e. The largest absolute Gasteiger partial charge is 0.372 e. The third-order valence-corrected chi connectivity index (χ3v) is 3.25. The summed E-state index contributed by atoms with van der Waals surface area (Å²) in [5, 5.41) is 0. The molecule has 0 aromatic heterocycles. The van der Waals surface area contributed by atoms with Crippen molar-refractivity contribution < 1.29 is 4.74 Å². The first kappa shape index (κ1) is 9.94. The molecule has 0 N–H and O–H groups in total. The van der Waals surface area contributed by atoms with Crippen LogP contribution in [0.2, 0.25) is 0 Å². The van der Waals surface area contributed by atoms with Crippen LogP contribution in [0, 0.1) is 0 Å². The zero-order valence-electron chi connectivity index (χ0n) is 7.90. The molecular formula is C12H13BrO. The number of rotatable bonds is 3. The van der Waals surface area contributed by atoms with Crippen molar-refractivity contribution in [2.75, 3.05) is 0 Å². The summed E-state index contributed by atoms with van der Waals surface area (Å²) in [4.78, 5) is 0.381. The van der Waals surface area contributed by atoms with E-state index in [-0.39, 0.29) is 0 Å². The Morgan fingerprint density at radius 1 is 1.29 bits per heavy atom. The molecule has 0 saturated heterocycles. The van der Waals surface area contributed by atoms with Gasteiger partial charge >= 0.3 is 0 Å². The maximum absolute atomic E-state index is 5.79. The topological polar surface area (TPSA) is 9.23 Å². The van der Waals surface area contributed by atoms with Gasteiger partial charge in [-0.25, -0.2) is 0 Å². The van der Waals surface area contributed by atoms with Gasteiger partial charge in [0.05, 0.1) is 17.5 Å². The SMILES string of the molecule is BrC1C=CCC1OCc1ccccc1. The van der Waals surface area contributed by atoms with E-state index in [0.717, 1.165) is 6.42 Å². The summed E-state index contributed by atoms with van der Waals surface area (Å²) in [5.41, 5.74) is 1.24. The Bertz CT molecular complexity index is 307. The molecule has 0 bridgehead atoms. The second-order valence-electron chi connectivity index (χ2n) is 3.44. The van der Waals surface area contributed by atoms with E-state index in [1.54, 1.807) is 0 Å². The van der Waals surface area contributed by atoms with Gasteiger partial charge in [0.15, 0.2) is 0 Å². The lowest BCUT2D eigenvalue weighted by Crippen LogP contribution is -2.17. The van der Waals surface area contributed by atoms with Gasteiger partial charge in [-0.1, -0.05) is 58.4 Å². The summed E-state index contributed by atoms with van der Waals surface area (Å²) in [5.74, 6) is 0. The lowest BCUT2D eigenvalue weighted by Gasteiger charge is -2.15. The van der Waals surface area contributed by atoms with Gasteiger partial charge in [-0.3, -0.25) is 0 Å². The van der Waals surface area contributed by atoms with Gasteiger partial charge < -0.3 is 4.74 Å². The van der Waals surface area contributed by atoms with E-state index in [9.17, 15) is 0 Å². The minimum absolute atomic E-state index is 0.301. The van der Waals surface area contributed by atoms with Gasteiger partial charge in [-0.2, -0.15) is 0 Å². The molecule has 1 aromatic carbocycles. The lowest BCUT2D eigenvalue weighted by molar-refractivity contribution is 0.0536. The van der Waals surface area contributed by atoms with Crippen molar-refractivity contribution in [2.45, 2.75) is 24.0 Å². The quantitative estimate of drug-likeness (QED) is 0.593. The van der Waals surface area contributed by atoms with Crippen LogP contribution >= 0.6 is 15.9 Å². The molecule has 1 aliphatic carbocycles. The van der Waals surface area contributed by atoms with Crippen molar-refractivity contribution in [3.05, 3.63) is 48.0 Å². The molecular weight excluding hydrogens is 240 g/mol. The summed E-state index contributed by atoms with van der Waals surface area (Å²) in [6, 6.07) is 10.3. The molecule has 0 saturated carbocycles. The van der Waals surface area contributed by atoms with Crippen molar-refractivity contribution >= 4 is 15.9 Å². The Morgan fingerprint density at radius 3 is 2.71 bits per heavy atom. The van der Waals surface area contributed by atoms with E-state index < -0.39 is 0 Å². The molecule has 0 fully saturated rings. The predicted octanol–water partition coefficient (Wildman–Crippen LogP) is 3.30. The minimum Gasteiger partial charge on any atom is -0.372 e. The Labute approximate surface area is 92.9 Å². The summed E-state index contributed by atoms with van der Waals surface area (Å²) in [7, 11) is 0. The highest BCUT2D eigenvalue weighted by atomic mass is 79.9. The van der Waals surface area contributed by atoms with E-state index in [1.165, 1.54) is 5.56 Å². The van der Waals surface area contributed by atoms with Crippen LogP contribution in [0.15, 0.2) is 42.5 Å². The van der Waals surface area contributed by atoms with Gasteiger partial charge in [0.1, 0.15) is 0 Å². The molecule has 0 aliphatic heterocycles. The van der Waals surface area contributed by atoms with Crippen LogP contribution in [0.1, 0.15) is 12.0 Å². The highest BCUT2D eigenvalue weighted by molar-refractivity contribution is 9.09. The number of ether oxygens (including phenoxy) is 1. The molecule has 2 atom stereocenters. The first-order chi connectivity index (χ1) is 6.86. The Hall–Kier alpha value is -0.600. The zero-order chi connectivity index (χ0) is 9.80. The Morgan fingerprint density at radius 2 is 2.07 bits per heavy atom. The molecule has 0 heterocycles. The fraction of sp³-hybridized carbons (Fsp3) is 0.333. The molecule has 2 unspecified atom stereocenters. The second-order valence-corrected chi connectivity index (χ2v) is 4.50. The minimum atomic E-state index is 0.301. The van der Waals surface area contributed by atoms with Gasteiger partial charge in [0.25, 0.3) is 0 Å². The average Bonchev–Trinajstić information content (AvgIpc) is 2.63. The summed E-state index contributed by atoms with van der Waals surface area (Å²) in [6.45, 7) is 0.704. The third-order valence-electron chi connectivity index (χ3n) is 2.35. The predicted molar refractivity (Wildman–Crippen MR) is 61.5 cm³/mol. The van der Waals surface area contributed by atoms with Crippen molar-refractivity contribution in [1.29, 1.82) is 0 Å². The summed E-state index contributed by atoms with van der Waals surface area (Å²) < 4.78 is 5.79. The third kappa shape index (κ3) is 2.46. The van der Waals surface area contributed by atoms with Crippen molar-refractivity contribution in [3.8, 4) is 0 Å². The van der Waals surface area contributed by atoms with Crippen LogP contribution in [-0.2, 0) is 11.3 Å². The molecule has 0 radical (unpaired) electrons. The lowest BCUT2D eigenvalue weighted by atomic mass is 10.2. The molecule has 1 nitrogen and oxygen atoms in total. The summed E-state index contributed by atoms with van der Waals surface area (Å²) in [6.07, 6.45) is 5.63. The Balaban J connectivity index is 1.83. The van der Waals surface area contributed by atoms with Crippen LogP contribution < -0.4 is 0 Å². The van der Waals surface area contributed by atoms with Crippen molar-refractivity contribution in [3.63, 3.8) is 0 Å². The van der Waals surface area contributed by atoms with Crippen LogP contribution in [0.5, 0.6) is 0 Å². The van der Waals surface area contributed by atoms with Crippen molar-refractivity contribution in [1.82, 2.24) is 0 Å². The van der Waals surface area contributed by atoms with Gasteiger partial charge in [-0.05, 0) is 12.0 Å². The molecule has 74 valence electrons. The highest BCUT2D eigenvalue weighted by Crippen LogP contribution is 2.22. The Kier molecular flexibility index (Phi) is 3.38. The van der Waals surface area contributed by atoms with Crippen molar-refractivity contribution in [2.24, 2.45) is 0 Å². The molecule has 2 rings (SSSR count). The smallest absolute Gasteiger partial charge is 0.0773 e. The van der Waals surface area contributed by atoms with Crippen LogP contribution in [0.3, 0.4) is 0 Å². The van der Waals surface area contributed by atoms with E-state index >= 15 is 0 Å². The zero-order valence-corrected chi connectivity index (χ0v) is 9.48. The first-order valence-electron chi connectivity index (χ1n) is 4.82. The van der Waals surface area contributed by atoms with E-state index in [0.29, 0.717) is 17.5 Å².